The SMILES string of the molecule is O=C(O)C1CCCN1C(=O)C1CCCN1C(=O)C1CC1. The number of likely N-dealkylation sites (tertiary alicyclic amines) is 2. The van der Waals surface area contributed by atoms with Crippen molar-refractivity contribution in [1.82, 2.24) is 9.80 Å². The standard InChI is InChI=1S/C14H20N2O4/c17-12(9-5-6-9)15-7-1-3-10(15)13(18)16-8-2-4-11(16)14(19)20/h9-11H,1-8H2,(H,19,20). The van der Waals surface area contributed by atoms with Crippen LogP contribution in [0, 0.1) is 5.92 Å². The van der Waals surface area contributed by atoms with E-state index in [0.29, 0.717) is 25.9 Å². The lowest BCUT2D eigenvalue weighted by molar-refractivity contribution is -0.152. The van der Waals surface area contributed by atoms with Gasteiger partial charge in [0, 0.05) is 19.0 Å². The molecule has 0 spiro atoms. The summed E-state index contributed by atoms with van der Waals surface area (Å²) in [4.78, 5) is 39.1. The van der Waals surface area contributed by atoms with Crippen LogP contribution in [0.4, 0.5) is 0 Å². The number of carbonyl (C=O) groups is 3. The van der Waals surface area contributed by atoms with Crippen LogP contribution in [0.25, 0.3) is 0 Å². The van der Waals surface area contributed by atoms with Crippen LogP contribution < -0.4 is 0 Å². The van der Waals surface area contributed by atoms with Gasteiger partial charge >= 0.3 is 5.97 Å². The highest BCUT2D eigenvalue weighted by atomic mass is 16.4. The Morgan fingerprint density at radius 2 is 1.35 bits per heavy atom. The van der Waals surface area contributed by atoms with E-state index in [-0.39, 0.29) is 17.7 Å². The first-order chi connectivity index (χ1) is 9.59. The maximum atomic E-state index is 12.6. The molecule has 1 aliphatic carbocycles. The number of carboxylic acid groups (broad SMARTS) is 1. The van der Waals surface area contributed by atoms with Gasteiger partial charge in [-0.05, 0) is 38.5 Å². The first-order valence-corrected chi connectivity index (χ1v) is 7.43. The fraction of sp³-hybridized carbons (Fsp3) is 0.786. The zero-order chi connectivity index (χ0) is 14.3. The lowest BCUT2D eigenvalue weighted by Crippen LogP contribution is -2.51. The van der Waals surface area contributed by atoms with E-state index in [1.807, 2.05) is 0 Å². The number of amides is 2. The van der Waals surface area contributed by atoms with Crippen molar-refractivity contribution >= 4 is 17.8 Å². The molecule has 3 aliphatic rings. The van der Waals surface area contributed by atoms with Gasteiger partial charge in [0.2, 0.25) is 11.8 Å². The van der Waals surface area contributed by atoms with Gasteiger partial charge < -0.3 is 14.9 Å². The minimum absolute atomic E-state index is 0.0897. The van der Waals surface area contributed by atoms with Gasteiger partial charge in [-0.25, -0.2) is 4.79 Å². The summed E-state index contributed by atoms with van der Waals surface area (Å²) in [6.45, 7) is 1.13. The number of aliphatic carboxylic acids is 1. The lowest BCUT2D eigenvalue weighted by atomic mass is 10.1. The van der Waals surface area contributed by atoms with Crippen LogP contribution in [0.2, 0.25) is 0 Å². The molecule has 3 fully saturated rings. The van der Waals surface area contributed by atoms with Gasteiger partial charge in [-0.1, -0.05) is 0 Å². The van der Waals surface area contributed by atoms with Gasteiger partial charge in [-0.3, -0.25) is 9.59 Å². The van der Waals surface area contributed by atoms with E-state index in [4.69, 9.17) is 0 Å². The molecule has 0 aromatic carbocycles. The van der Waals surface area contributed by atoms with Crippen LogP contribution in [-0.4, -0.2) is 57.9 Å². The molecule has 0 radical (unpaired) electrons. The Bertz CT molecular complexity index is 446. The summed E-state index contributed by atoms with van der Waals surface area (Å²) in [5.41, 5.74) is 0. The molecular formula is C14H20N2O4. The second-order valence-corrected chi connectivity index (χ2v) is 5.99. The first kappa shape index (κ1) is 13.4. The fourth-order valence-electron chi connectivity index (χ4n) is 3.33. The van der Waals surface area contributed by atoms with E-state index in [2.05, 4.69) is 0 Å². The summed E-state index contributed by atoms with van der Waals surface area (Å²) in [7, 11) is 0. The van der Waals surface area contributed by atoms with Gasteiger partial charge in [-0.2, -0.15) is 0 Å². The van der Waals surface area contributed by atoms with Crippen LogP contribution in [0.1, 0.15) is 38.5 Å². The molecule has 1 N–H and O–H groups in total. The summed E-state index contributed by atoms with van der Waals surface area (Å²) in [5, 5.41) is 9.17. The highest BCUT2D eigenvalue weighted by Crippen LogP contribution is 2.34. The summed E-state index contributed by atoms with van der Waals surface area (Å²) >= 11 is 0. The third kappa shape index (κ3) is 2.27. The van der Waals surface area contributed by atoms with E-state index in [0.717, 1.165) is 25.7 Å². The summed E-state index contributed by atoms with van der Waals surface area (Å²) < 4.78 is 0. The number of carboxylic acids is 1. The van der Waals surface area contributed by atoms with Gasteiger partial charge in [-0.15, -0.1) is 0 Å². The van der Waals surface area contributed by atoms with Crippen LogP contribution in [0.3, 0.4) is 0 Å². The molecule has 110 valence electrons. The third-order valence-corrected chi connectivity index (χ3v) is 4.57. The molecule has 1 saturated carbocycles. The van der Waals surface area contributed by atoms with Crippen molar-refractivity contribution in [2.45, 2.75) is 50.6 Å². The van der Waals surface area contributed by atoms with Crippen LogP contribution in [0.5, 0.6) is 0 Å². The molecule has 2 atom stereocenters. The highest BCUT2D eigenvalue weighted by Gasteiger charge is 2.44. The van der Waals surface area contributed by atoms with E-state index in [9.17, 15) is 19.5 Å². The minimum atomic E-state index is -0.936. The molecule has 0 aromatic heterocycles. The molecule has 0 aromatic rings. The Labute approximate surface area is 117 Å². The van der Waals surface area contributed by atoms with E-state index in [1.54, 1.807) is 4.90 Å². The zero-order valence-corrected chi connectivity index (χ0v) is 11.5. The Morgan fingerprint density at radius 1 is 0.800 bits per heavy atom. The Hall–Kier alpha value is -1.59. The quantitative estimate of drug-likeness (QED) is 0.815. The number of carbonyl (C=O) groups excluding carboxylic acids is 2. The molecule has 3 rings (SSSR count). The monoisotopic (exact) mass is 280 g/mol. The number of nitrogens with zero attached hydrogens (tertiary/aromatic N) is 2. The Kier molecular flexibility index (Phi) is 3.40. The predicted molar refractivity (Wildman–Crippen MR) is 69.8 cm³/mol. The number of rotatable bonds is 3. The topological polar surface area (TPSA) is 77.9 Å². The van der Waals surface area contributed by atoms with Crippen molar-refractivity contribution in [1.29, 1.82) is 0 Å². The van der Waals surface area contributed by atoms with E-state index < -0.39 is 18.1 Å². The average Bonchev–Trinajstić information content (AvgIpc) is 2.97. The van der Waals surface area contributed by atoms with Gasteiger partial charge in [0.15, 0.2) is 0 Å². The van der Waals surface area contributed by atoms with Crippen molar-refractivity contribution in [3.05, 3.63) is 0 Å². The van der Waals surface area contributed by atoms with Crippen LogP contribution in [0.15, 0.2) is 0 Å². The normalized spacial score (nSPS) is 29.8. The lowest BCUT2D eigenvalue weighted by Gasteiger charge is -2.30. The average molecular weight is 280 g/mol. The molecule has 2 unspecified atom stereocenters. The molecule has 2 aliphatic heterocycles. The van der Waals surface area contributed by atoms with Gasteiger partial charge in [0.05, 0.1) is 0 Å². The second-order valence-electron chi connectivity index (χ2n) is 5.99. The predicted octanol–water partition coefficient (Wildman–Crippen LogP) is 0.463. The largest absolute Gasteiger partial charge is 0.480 e. The number of hydrogen-bond donors (Lipinski definition) is 1. The molecule has 2 amide bonds. The third-order valence-electron chi connectivity index (χ3n) is 4.57. The maximum absolute atomic E-state index is 12.6. The molecule has 6 heteroatoms. The van der Waals surface area contributed by atoms with Crippen molar-refractivity contribution in [3.8, 4) is 0 Å². The van der Waals surface area contributed by atoms with Crippen LogP contribution >= 0.6 is 0 Å². The van der Waals surface area contributed by atoms with E-state index in [1.165, 1.54) is 4.90 Å². The molecule has 0 bridgehead atoms. The van der Waals surface area contributed by atoms with E-state index >= 15 is 0 Å². The van der Waals surface area contributed by atoms with Crippen molar-refractivity contribution in [2.75, 3.05) is 13.1 Å². The van der Waals surface area contributed by atoms with Crippen molar-refractivity contribution in [2.24, 2.45) is 5.92 Å². The van der Waals surface area contributed by atoms with Crippen molar-refractivity contribution < 1.29 is 19.5 Å². The van der Waals surface area contributed by atoms with Gasteiger partial charge in [0.25, 0.3) is 0 Å². The second kappa shape index (κ2) is 5.07. The van der Waals surface area contributed by atoms with Crippen LogP contribution in [-0.2, 0) is 14.4 Å². The maximum Gasteiger partial charge on any atom is 0.326 e. The minimum Gasteiger partial charge on any atom is -0.480 e. The first-order valence-electron chi connectivity index (χ1n) is 7.43. The Balaban J connectivity index is 1.72. The highest BCUT2D eigenvalue weighted by molar-refractivity contribution is 5.92. The van der Waals surface area contributed by atoms with Gasteiger partial charge in [0.1, 0.15) is 12.1 Å². The number of hydrogen-bond acceptors (Lipinski definition) is 3. The summed E-state index contributed by atoms with van der Waals surface area (Å²) in [6.07, 6.45) is 4.60. The molecule has 6 nitrogen and oxygen atoms in total. The smallest absolute Gasteiger partial charge is 0.326 e. The van der Waals surface area contributed by atoms with Crippen molar-refractivity contribution in [3.63, 3.8) is 0 Å². The molecular weight excluding hydrogens is 260 g/mol. The molecule has 2 heterocycles. The Morgan fingerprint density at radius 3 is 1.90 bits per heavy atom. The summed E-state index contributed by atoms with van der Waals surface area (Å²) in [6, 6.07) is -1.14. The summed E-state index contributed by atoms with van der Waals surface area (Å²) in [5.74, 6) is -0.903. The molecule has 20 heavy (non-hydrogen) atoms. The zero-order valence-electron chi connectivity index (χ0n) is 11.5. The fourth-order valence-corrected chi connectivity index (χ4v) is 3.33. The molecule has 2 saturated heterocycles.